The van der Waals surface area contributed by atoms with Crippen molar-refractivity contribution in [3.63, 3.8) is 0 Å². The van der Waals surface area contributed by atoms with Crippen LogP contribution in [0.15, 0.2) is 36.4 Å². The van der Waals surface area contributed by atoms with E-state index >= 15 is 0 Å². The van der Waals surface area contributed by atoms with Crippen molar-refractivity contribution in [3.8, 4) is 0 Å². The first kappa shape index (κ1) is 22.1. The van der Waals surface area contributed by atoms with E-state index in [1.807, 2.05) is 57.2 Å². The zero-order chi connectivity index (χ0) is 21.9. The summed E-state index contributed by atoms with van der Waals surface area (Å²) in [4.78, 5) is 14.9. The molecule has 0 aliphatic carbocycles. The number of anilines is 3. The summed E-state index contributed by atoms with van der Waals surface area (Å²) >= 11 is 0. The fourth-order valence-corrected chi connectivity index (χ4v) is 4.81. The van der Waals surface area contributed by atoms with Crippen LogP contribution in [0.1, 0.15) is 16.7 Å². The number of nitrogens with zero attached hydrogens (tertiary/aromatic N) is 2. The van der Waals surface area contributed by atoms with Crippen LogP contribution in [0.4, 0.5) is 17.1 Å². The van der Waals surface area contributed by atoms with Gasteiger partial charge in [-0.2, -0.15) is 0 Å². The molecule has 1 N–H and O–H groups in total. The third-order valence-corrected chi connectivity index (χ3v) is 6.21. The molecule has 0 spiro atoms. The third kappa shape index (κ3) is 5.31. The summed E-state index contributed by atoms with van der Waals surface area (Å²) in [6.45, 7) is 8.48. The number of amides is 1. The van der Waals surface area contributed by atoms with Crippen LogP contribution in [-0.4, -0.2) is 53.4 Å². The van der Waals surface area contributed by atoms with Crippen LogP contribution in [0.5, 0.6) is 0 Å². The second-order valence-electron chi connectivity index (χ2n) is 7.71. The van der Waals surface area contributed by atoms with Crippen LogP contribution in [0, 0.1) is 20.8 Å². The topological polar surface area (TPSA) is 79.0 Å². The number of nitrogens with one attached hydrogen (secondary N) is 1. The van der Waals surface area contributed by atoms with E-state index in [9.17, 15) is 13.2 Å². The van der Waals surface area contributed by atoms with Gasteiger partial charge in [0.15, 0.2) is 0 Å². The summed E-state index contributed by atoms with van der Waals surface area (Å²) in [5.41, 5.74) is 4.94. The lowest BCUT2D eigenvalue weighted by molar-refractivity contribution is -0.114. The van der Waals surface area contributed by atoms with Gasteiger partial charge in [-0.05, 0) is 56.2 Å². The van der Waals surface area contributed by atoms with Crippen molar-refractivity contribution in [2.75, 3.05) is 53.6 Å². The van der Waals surface area contributed by atoms with Gasteiger partial charge in [-0.25, -0.2) is 8.42 Å². The molecule has 2 aromatic rings. The molecule has 0 aromatic heterocycles. The van der Waals surface area contributed by atoms with Crippen LogP contribution in [0.25, 0.3) is 0 Å². The van der Waals surface area contributed by atoms with E-state index < -0.39 is 10.0 Å². The van der Waals surface area contributed by atoms with E-state index in [1.165, 1.54) is 4.31 Å². The minimum Gasteiger partial charge on any atom is -0.378 e. The van der Waals surface area contributed by atoms with Crippen molar-refractivity contribution < 1.29 is 17.9 Å². The summed E-state index contributed by atoms with van der Waals surface area (Å²) < 4.78 is 31.5. The van der Waals surface area contributed by atoms with E-state index in [4.69, 9.17) is 4.74 Å². The summed E-state index contributed by atoms with van der Waals surface area (Å²) in [6.07, 6.45) is 1.12. The van der Waals surface area contributed by atoms with E-state index in [0.29, 0.717) is 24.6 Å². The number of ether oxygens (including phenoxy) is 1. The summed E-state index contributed by atoms with van der Waals surface area (Å²) in [5, 5.41) is 2.81. The Labute approximate surface area is 178 Å². The van der Waals surface area contributed by atoms with Crippen molar-refractivity contribution in [3.05, 3.63) is 53.1 Å². The van der Waals surface area contributed by atoms with E-state index in [2.05, 4.69) is 10.2 Å². The fourth-order valence-electron chi connectivity index (χ4n) is 3.84. The number of morpholine rings is 1. The predicted octanol–water partition coefficient (Wildman–Crippen LogP) is 2.85. The van der Waals surface area contributed by atoms with Gasteiger partial charge in [-0.3, -0.25) is 9.10 Å². The highest BCUT2D eigenvalue weighted by Crippen LogP contribution is 2.28. The molecule has 162 valence electrons. The molecule has 1 aliphatic heterocycles. The quantitative estimate of drug-likeness (QED) is 0.761. The molecule has 1 heterocycles. The van der Waals surface area contributed by atoms with Crippen molar-refractivity contribution in [1.29, 1.82) is 0 Å². The summed E-state index contributed by atoms with van der Waals surface area (Å²) in [6, 6.07) is 11.4. The zero-order valence-corrected chi connectivity index (χ0v) is 18.8. The Morgan fingerprint density at radius 3 is 2.17 bits per heavy atom. The second-order valence-corrected chi connectivity index (χ2v) is 9.62. The first-order valence-electron chi connectivity index (χ1n) is 9.93. The van der Waals surface area contributed by atoms with Crippen LogP contribution >= 0.6 is 0 Å². The normalized spacial score (nSPS) is 14.5. The Bertz CT molecular complexity index is 990. The number of hydrogen-bond donors (Lipinski definition) is 1. The highest BCUT2D eigenvalue weighted by Gasteiger charge is 2.24. The highest BCUT2D eigenvalue weighted by molar-refractivity contribution is 7.92. The van der Waals surface area contributed by atoms with Gasteiger partial charge in [0, 0.05) is 24.5 Å². The van der Waals surface area contributed by atoms with Gasteiger partial charge in [-0.1, -0.05) is 17.7 Å². The maximum atomic E-state index is 12.7. The van der Waals surface area contributed by atoms with Gasteiger partial charge in [-0.15, -0.1) is 0 Å². The molecule has 1 saturated heterocycles. The lowest BCUT2D eigenvalue weighted by Crippen LogP contribution is -2.38. The number of hydrogen-bond acceptors (Lipinski definition) is 5. The van der Waals surface area contributed by atoms with Crippen LogP contribution < -0.4 is 14.5 Å². The average Bonchev–Trinajstić information content (AvgIpc) is 2.67. The monoisotopic (exact) mass is 431 g/mol. The molecular weight excluding hydrogens is 402 g/mol. The van der Waals surface area contributed by atoms with Gasteiger partial charge < -0.3 is 15.0 Å². The van der Waals surface area contributed by atoms with Gasteiger partial charge in [0.05, 0.1) is 25.2 Å². The second kappa shape index (κ2) is 9.06. The van der Waals surface area contributed by atoms with Gasteiger partial charge in [0.2, 0.25) is 15.9 Å². The SMILES string of the molecule is Cc1cc(C)c(N(CC(=O)Nc2ccc(N3CCOCC3)cc2)S(C)(=O)=O)c(C)c1. The largest absolute Gasteiger partial charge is 0.378 e. The van der Waals surface area contributed by atoms with E-state index in [-0.39, 0.29) is 12.5 Å². The molecule has 30 heavy (non-hydrogen) atoms. The smallest absolute Gasteiger partial charge is 0.245 e. The molecule has 3 rings (SSSR count). The van der Waals surface area contributed by atoms with E-state index in [1.54, 1.807) is 0 Å². The Hall–Kier alpha value is -2.58. The molecule has 0 radical (unpaired) electrons. The van der Waals surface area contributed by atoms with Crippen molar-refractivity contribution in [2.24, 2.45) is 0 Å². The Kier molecular flexibility index (Phi) is 6.67. The lowest BCUT2D eigenvalue weighted by Gasteiger charge is -2.29. The van der Waals surface area contributed by atoms with Gasteiger partial charge >= 0.3 is 0 Å². The summed E-state index contributed by atoms with van der Waals surface area (Å²) in [5.74, 6) is -0.390. The standard InChI is InChI=1S/C22H29N3O4S/c1-16-13-17(2)22(18(3)14-16)25(30(4,27)28)15-21(26)23-19-5-7-20(8-6-19)24-9-11-29-12-10-24/h5-8,13-14H,9-12,15H2,1-4H3,(H,23,26). The maximum absolute atomic E-state index is 12.7. The third-order valence-electron chi connectivity index (χ3n) is 5.10. The first-order chi connectivity index (χ1) is 14.1. The molecule has 2 aromatic carbocycles. The zero-order valence-electron chi connectivity index (χ0n) is 17.9. The molecule has 1 fully saturated rings. The van der Waals surface area contributed by atoms with Crippen molar-refractivity contribution >= 4 is 33.0 Å². The molecule has 1 amide bonds. The Balaban J connectivity index is 1.74. The van der Waals surface area contributed by atoms with Crippen LogP contribution in [-0.2, 0) is 19.6 Å². The highest BCUT2D eigenvalue weighted by atomic mass is 32.2. The van der Waals surface area contributed by atoms with Crippen LogP contribution in [0.3, 0.4) is 0 Å². The molecule has 1 aliphatic rings. The summed E-state index contributed by atoms with van der Waals surface area (Å²) in [7, 11) is -3.63. The lowest BCUT2D eigenvalue weighted by atomic mass is 10.1. The van der Waals surface area contributed by atoms with Crippen molar-refractivity contribution in [1.82, 2.24) is 0 Å². The Morgan fingerprint density at radius 2 is 1.63 bits per heavy atom. The molecule has 0 saturated carbocycles. The number of aryl methyl sites for hydroxylation is 3. The molecule has 7 nitrogen and oxygen atoms in total. The van der Waals surface area contributed by atoms with Gasteiger partial charge in [0.25, 0.3) is 0 Å². The van der Waals surface area contributed by atoms with Gasteiger partial charge in [0.1, 0.15) is 6.54 Å². The molecule has 0 unspecified atom stereocenters. The number of carbonyl (C=O) groups excluding carboxylic acids is 1. The van der Waals surface area contributed by atoms with Crippen LogP contribution in [0.2, 0.25) is 0 Å². The number of sulfonamides is 1. The van der Waals surface area contributed by atoms with Crippen molar-refractivity contribution in [2.45, 2.75) is 20.8 Å². The first-order valence-corrected chi connectivity index (χ1v) is 11.8. The molecule has 0 atom stereocenters. The minimum atomic E-state index is -3.63. The molecular formula is C22H29N3O4S. The fraction of sp³-hybridized carbons (Fsp3) is 0.409. The number of carbonyl (C=O) groups is 1. The number of benzene rings is 2. The average molecular weight is 432 g/mol. The molecule has 0 bridgehead atoms. The molecule has 8 heteroatoms. The predicted molar refractivity (Wildman–Crippen MR) is 121 cm³/mol. The number of rotatable bonds is 6. The maximum Gasteiger partial charge on any atom is 0.245 e. The minimum absolute atomic E-state index is 0.283. The van der Waals surface area contributed by atoms with E-state index in [0.717, 1.165) is 41.7 Å². The Morgan fingerprint density at radius 1 is 1.07 bits per heavy atom.